The SMILES string of the molecule is Fc1ccc(Cl)c(CC(CBr)c2ccc(Cl)cc2)c1. The molecule has 0 fully saturated rings. The molecular formula is C15H12BrCl2F. The molecule has 1 atom stereocenters. The molecule has 2 aromatic rings. The highest BCUT2D eigenvalue weighted by Crippen LogP contribution is 2.28. The number of benzene rings is 2. The Morgan fingerprint density at radius 1 is 1.05 bits per heavy atom. The Morgan fingerprint density at radius 3 is 2.37 bits per heavy atom. The quantitative estimate of drug-likeness (QED) is 0.599. The van der Waals surface area contributed by atoms with E-state index in [-0.39, 0.29) is 11.7 Å². The van der Waals surface area contributed by atoms with Crippen LogP contribution in [-0.4, -0.2) is 5.33 Å². The van der Waals surface area contributed by atoms with Crippen LogP contribution < -0.4 is 0 Å². The molecule has 0 aliphatic heterocycles. The maximum Gasteiger partial charge on any atom is 0.123 e. The van der Waals surface area contributed by atoms with E-state index in [0.717, 1.165) is 16.5 Å². The van der Waals surface area contributed by atoms with Crippen molar-refractivity contribution >= 4 is 39.1 Å². The van der Waals surface area contributed by atoms with Crippen LogP contribution >= 0.6 is 39.1 Å². The van der Waals surface area contributed by atoms with E-state index >= 15 is 0 Å². The Hall–Kier alpha value is -0.570. The summed E-state index contributed by atoms with van der Waals surface area (Å²) in [5, 5.41) is 2.09. The van der Waals surface area contributed by atoms with E-state index in [1.807, 2.05) is 24.3 Å². The van der Waals surface area contributed by atoms with Crippen molar-refractivity contribution in [1.82, 2.24) is 0 Å². The molecule has 1 unspecified atom stereocenters. The van der Waals surface area contributed by atoms with Crippen LogP contribution in [0.4, 0.5) is 4.39 Å². The van der Waals surface area contributed by atoms with E-state index in [2.05, 4.69) is 15.9 Å². The van der Waals surface area contributed by atoms with E-state index in [9.17, 15) is 4.39 Å². The van der Waals surface area contributed by atoms with Crippen LogP contribution in [0.25, 0.3) is 0 Å². The van der Waals surface area contributed by atoms with Crippen molar-refractivity contribution in [2.45, 2.75) is 12.3 Å². The van der Waals surface area contributed by atoms with Crippen LogP contribution in [0.1, 0.15) is 17.0 Å². The van der Waals surface area contributed by atoms with Crippen molar-refractivity contribution in [3.63, 3.8) is 0 Å². The first-order chi connectivity index (χ1) is 9.10. The molecule has 0 nitrogen and oxygen atoms in total. The lowest BCUT2D eigenvalue weighted by Gasteiger charge is -2.15. The molecule has 0 saturated carbocycles. The molecule has 0 radical (unpaired) electrons. The highest BCUT2D eigenvalue weighted by molar-refractivity contribution is 9.09. The number of halogens is 4. The Morgan fingerprint density at radius 2 is 1.74 bits per heavy atom. The lowest BCUT2D eigenvalue weighted by molar-refractivity contribution is 0.623. The molecule has 0 aromatic heterocycles. The van der Waals surface area contributed by atoms with Gasteiger partial charge < -0.3 is 0 Å². The fourth-order valence-electron chi connectivity index (χ4n) is 1.96. The maximum atomic E-state index is 13.3. The van der Waals surface area contributed by atoms with Crippen LogP contribution in [0.5, 0.6) is 0 Å². The van der Waals surface area contributed by atoms with Crippen LogP contribution in [0.2, 0.25) is 10.0 Å². The molecule has 0 amide bonds. The number of rotatable bonds is 4. The predicted molar refractivity (Wildman–Crippen MR) is 83.1 cm³/mol. The van der Waals surface area contributed by atoms with Crippen LogP contribution in [-0.2, 0) is 6.42 Å². The first-order valence-corrected chi connectivity index (χ1v) is 7.73. The normalized spacial score (nSPS) is 12.4. The molecule has 0 aliphatic rings. The summed E-state index contributed by atoms with van der Waals surface area (Å²) in [6.45, 7) is 0. The third kappa shape index (κ3) is 3.95. The summed E-state index contributed by atoms with van der Waals surface area (Å²) in [5.41, 5.74) is 1.97. The van der Waals surface area contributed by atoms with E-state index in [0.29, 0.717) is 16.5 Å². The second-order valence-corrected chi connectivity index (χ2v) is 5.83. The van der Waals surface area contributed by atoms with Gasteiger partial charge in [-0.1, -0.05) is 51.3 Å². The van der Waals surface area contributed by atoms with Gasteiger partial charge >= 0.3 is 0 Å². The fourth-order valence-corrected chi connectivity index (χ4v) is 2.89. The molecule has 2 aromatic carbocycles. The lowest BCUT2D eigenvalue weighted by atomic mass is 9.94. The van der Waals surface area contributed by atoms with Gasteiger partial charge in [-0.05, 0) is 53.8 Å². The number of hydrogen-bond donors (Lipinski definition) is 0. The van der Waals surface area contributed by atoms with Crippen molar-refractivity contribution < 1.29 is 4.39 Å². The Labute approximate surface area is 130 Å². The summed E-state index contributed by atoms with van der Waals surface area (Å²) < 4.78 is 13.3. The van der Waals surface area contributed by atoms with Gasteiger partial charge in [-0.2, -0.15) is 0 Å². The van der Waals surface area contributed by atoms with Gasteiger partial charge in [0.25, 0.3) is 0 Å². The molecule has 4 heteroatoms. The zero-order valence-electron chi connectivity index (χ0n) is 10.0. The standard InChI is InChI=1S/C15H12BrCl2F/c16-9-12(10-1-3-13(17)4-2-10)7-11-8-14(19)5-6-15(11)18/h1-6,8,12H,7,9H2. The summed E-state index contributed by atoms with van der Waals surface area (Å²) in [4.78, 5) is 0. The molecule has 0 aliphatic carbocycles. The smallest absolute Gasteiger partial charge is 0.123 e. The van der Waals surface area contributed by atoms with Crippen molar-refractivity contribution in [3.8, 4) is 0 Å². The molecule has 0 heterocycles. The Kier molecular flexibility index (Phi) is 5.26. The molecule has 0 bridgehead atoms. The third-order valence-electron chi connectivity index (χ3n) is 3.00. The number of hydrogen-bond acceptors (Lipinski definition) is 0. The van der Waals surface area contributed by atoms with Gasteiger partial charge in [0.05, 0.1) is 0 Å². The summed E-state index contributed by atoms with van der Waals surface area (Å²) in [5.74, 6) is -0.0274. The van der Waals surface area contributed by atoms with Gasteiger partial charge in [0, 0.05) is 15.4 Å². The average molecular weight is 362 g/mol. The van der Waals surface area contributed by atoms with Gasteiger partial charge in [-0.25, -0.2) is 4.39 Å². The Balaban J connectivity index is 2.23. The van der Waals surface area contributed by atoms with Crippen LogP contribution in [0.15, 0.2) is 42.5 Å². The second kappa shape index (κ2) is 6.74. The van der Waals surface area contributed by atoms with E-state index in [4.69, 9.17) is 23.2 Å². The van der Waals surface area contributed by atoms with Crippen molar-refractivity contribution in [1.29, 1.82) is 0 Å². The van der Waals surface area contributed by atoms with Crippen molar-refractivity contribution in [3.05, 3.63) is 69.5 Å². The van der Waals surface area contributed by atoms with Gasteiger partial charge in [0.2, 0.25) is 0 Å². The predicted octanol–water partition coefficient (Wildman–Crippen LogP) is 5.85. The summed E-state index contributed by atoms with van der Waals surface area (Å²) in [6, 6.07) is 12.2. The first kappa shape index (κ1) is 14.8. The summed E-state index contributed by atoms with van der Waals surface area (Å²) in [6.07, 6.45) is 0.684. The highest BCUT2D eigenvalue weighted by Gasteiger charge is 2.13. The fraction of sp³-hybridized carbons (Fsp3) is 0.200. The Bertz CT molecular complexity index is 555. The average Bonchev–Trinajstić information content (AvgIpc) is 2.41. The maximum absolute atomic E-state index is 13.3. The third-order valence-corrected chi connectivity index (χ3v) is 4.40. The lowest BCUT2D eigenvalue weighted by Crippen LogP contribution is -2.05. The summed E-state index contributed by atoms with van der Waals surface area (Å²) in [7, 11) is 0. The molecule has 0 spiro atoms. The topological polar surface area (TPSA) is 0 Å². The van der Waals surface area contributed by atoms with Crippen LogP contribution in [0, 0.1) is 5.82 Å². The first-order valence-electron chi connectivity index (χ1n) is 5.85. The van der Waals surface area contributed by atoms with Crippen molar-refractivity contribution in [2.75, 3.05) is 5.33 Å². The monoisotopic (exact) mass is 360 g/mol. The summed E-state index contributed by atoms with van der Waals surface area (Å²) >= 11 is 15.5. The minimum absolute atomic E-state index is 0.233. The number of alkyl halides is 1. The molecule has 2 rings (SSSR count). The van der Waals surface area contributed by atoms with E-state index in [1.165, 1.54) is 12.1 Å². The zero-order chi connectivity index (χ0) is 13.8. The van der Waals surface area contributed by atoms with Gasteiger partial charge in [0.15, 0.2) is 0 Å². The molecular weight excluding hydrogens is 350 g/mol. The zero-order valence-corrected chi connectivity index (χ0v) is 13.1. The largest absolute Gasteiger partial charge is 0.207 e. The second-order valence-electron chi connectivity index (χ2n) is 4.34. The van der Waals surface area contributed by atoms with Crippen molar-refractivity contribution in [2.24, 2.45) is 0 Å². The minimum Gasteiger partial charge on any atom is -0.207 e. The van der Waals surface area contributed by atoms with E-state index < -0.39 is 0 Å². The molecule has 19 heavy (non-hydrogen) atoms. The van der Waals surface area contributed by atoms with Gasteiger partial charge in [0.1, 0.15) is 5.82 Å². The molecule has 100 valence electrons. The minimum atomic E-state index is -0.260. The molecule has 0 saturated heterocycles. The highest BCUT2D eigenvalue weighted by atomic mass is 79.9. The molecule has 0 N–H and O–H groups in total. The van der Waals surface area contributed by atoms with Crippen LogP contribution in [0.3, 0.4) is 0 Å². The van der Waals surface area contributed by atoms with Gasteiger partial charge in [-0.3, -0.25) is 0 Å². The van der Waals surface area contributed by atoms with E-state index in [1.54, 1.807) is 6.07 Å². The van der Waals surface area contributed by atoms with Gasteiger partial charge in [-0.15, -0.1) is 0 Å².